The summed E-state index contributed by atoms with van der Waals surface area (Å²) in [6, 6.07) is 0.498. The number of hydrogen-bond donors (Lipinski definition) is 1. The number of aryl methyl sites for hydroxylation is 1. The van der Waals surface area contributed by atoms with Crippen LogP contribution in [0.15, 0.2) is 5.38 Å². The summed E-state index contributed by atoms with van der Waals surface area (Å²) in [6.07, 6.45) is 5.09. The molecular weight excluding hydrogens is 260 g/mol. The van der Waals surface area contributed by atoms with Crippen LogP contribution in [-0.4, -0.2) is 23.6 Å². The molecule has 1 N–H and O–H groups in total. The molecule has 1 unspecified atom stereocenters. The van der Waals surface area contributed by atoms with Gasteiger partial charge in [-0.05, 0) is 32.6 Å². The van der Waals surface area contributed by atoms with Crippen LogP contribution in [0.1, 0.15) is 45.2 Å². The van der Waals surface area contributed by atoms with Crippen LogP contribution in [-0.2, 0) is 16.0 Å². The monoisotopic (exact) mass is 282 g/mol. The van der Waals surface area contributed by atoms with Gasteiger partial charge in [0.2, 0.25) is 0 Å². The molecule has 19 heavy (non-hydrogen) atoms. The number of carbonyl (C=O) groups excluding carboxylic acids is 1. The minimum atomic E-state index is -0.146. The quantitative estimate of drug-likeness (QED) is 0.780. The zero-order valence-corrected chi connectivity index (χ0v) is 12.5. The molecule has 0 aliphatic heterocycles. The summed E-state index contributed by atoms with van der Waals surface area (Å²) in [5.74, 6) is 0.653. The van der Waals surface area contributed by atoms with Crippen molar-refractivity contribution in [1.82, 2.24) is 4.98 Å². The van der Waals surface area contributed by atoms with Crippen LogP contribution in [0, 0.1) is 5.92 Å². The van der Waals surface area contributed by atoms with E-state index in [4.69, 9.17) is 4.74 Å². The Hall–Kier alpha value is -1.10. The lowest BCUT2D eigenvalue weighted by Gasteiger charge is -2.31. The summed E-state index contributed by atoms with van der Waals surface area (Å²) in [6.45, 7) is 4.50. The Kier molecular flexibility index (Phi) is 5.19. The third-order valence-corrected chi connectivity index (χ3v) is 4.47. The van der Waals surface area contributed by atoms with E-state index in [9.17, 15) is 4.79 Å². The van der Waals surface area contributed by atoms with Crippen molar-refractivity contribution in [1.29, 1.82) is 0 Å². The molecule has 0 bridgehead atoms. The Morgan fingerprint density at radius 2 is 2.42 bits per heavy atom. The van der Waals surface area contributed by atoms with E-state index in [0.29, 0.717) is 25.5 Å². The molecule has 1 fully saturated rings. The molecular formula is C14H22N2O2S. The smallest absolute Gasteiger partial charge is 0.306 e. The molecule has 0 radical (unpaired) electrons. The maximum atomic E-state index is 11.3. The average molecular weight is 282 g/mol. The molecule has 0 saturated heterocycles. The molecule has 5 heteroatoms. The van der Waals surface area contributed by atoms with Crippen molar-refractivity contribution in [2.24, 2.45) is 5.92 Å². The second-order valence-corrected chi connectivity index (χ2v) is 5.93. The van der Waals surface area contributed by atoms with Crippen LogP contribution in [0.2, 0.25) is 0 Å². The van der Waals surface area contributed by atoms with Crippen molar-refractivity contribution < 1.29 is 9.53 Å². The van der Waals surface area contributed by atoms with Crippen LogP contribution in [0.4, 0.5) is 5.13 Å². The lowest BCUT2D eigenvalue weighted by molar-refractivity contribution is -0.143. The first kappa shape index (κ1) is 14.3. The maximum Gasteiger partial charge on any atom is 0.306 e. The van der Waals surface area contributed by atoms with Gasteiger partial charge >= 0.3 is 5.97 Å². The van der Waals surface area contributed by atoms with Gasteiger partial charge in [0.05, 0.1) is 18.7 Å². The van der Waals surface area contributed by atoms with Gasteiger partial charge in [-0.2, -0.15) is 0 Å². The minimum Gasteiger partial charge on any atom is -0.466 e. The van der Waals surface area contributed by atoms with E-state index in [1.54, 1.807) is 11.3 Å². The number of nitrogens with zero attached hydrogens (tertiary/aromatic N) is 1. The summed E-state index contributed by atoms with van der Waals surface area (Å²) < 4.78 is 4.91. The Morgan fingerprint density at radius 3 is 3.05 bits per heavy atom. The van der Waals surface area contributed by atoms with Gasteiger partial charge in [0.15, 0.2) is 5.13 Å². The molecule has 1 heterocycles. The highest BCUT2D eigenvalue weighted by Gasteiger charge is 2.24. The molecule has 0 aromatic carbocycles. The molecule has 0 amide bonds. The van der Waals surface area contributed by atoms with Gasteiger partial charge in [-0.25, -0.2) is 4.98 Å². The Balaban J connectivity index is 1.76. The molecule has 1 aromatic rings. The molecule has 1 saturated carbocycles. The second-order valence-electron chi connectivity index (χ2n) is 5.07. The van der Waals surface area contributed by atoms with Crippen LogP contribution in [0.25, 0.3) is 0 Å². The first-order valence-corrected chi connectivity index (χ1v) is 7.93. The summed E-state index contributed by atoms with van der Waals surface area (Å²) in [5.41, 5.74) is 0.973. The Morgan fingerprint density at radius 1 is 1.63 bits per heavy atom. The predicted octanol–water partition coefficient (Wildman–Crippen LogP) is 3.24. The third-order valence-electron chi connectivity index (χ3n) is 3.65. The van der Waals surface area contributed by atoms with E-state index in [-0.39, 0.29) is 5.97 Å². The maximum absolute atomic E-state index is 11.3. The average Bonchev–Trinajstić information content (AvgIpc) is 2.72. The number of rotatable bonds is 7. The number of thiazole rings is 1. The molecule has 1 aromatic heterocycles. The number of aromatic nitrogens is 1. The summed E-state index contributed by atoms with van der Waals surface area (Å²) >= 11 is 1.62. The van der Waals surface area contributed by atoms with Gasteiger partial charge in [-0.15, -0.1) is 11.3 Å². The van der Waals surface area contributed by atoms with Crippen molar-refractivity contribution >= 4 is 22.4 Å². The minimum absolute atomic E-state index is 0.146. The Bertz CT molecular complexity index is 415. The number of hydrogen-bond acceptors (Lipinski definition) is 5. The molecule has 2 rings (SSSR count). The van der Waals surface area contributed by atoms with Gasteiger partial charge in [0.25, 0.3) is 0 Å². The third kappa shape index (κ3) is 4.20. The molecule has 0 spiro atoms. The fraction of sp³-hybridized carbons (Fsp3) is 0.714. The highest BCUT2D eigenvalue weighted by molar-refractivity contribution is 7.13. The normalized spacial score (nSPS) is 16.7. The van der Waals surface area contributed by atoms with Crippen molar-refractivity contribution in [2.75, 3.05) is 11.9 Å². The van der Waals surface area contributed by atoms with E-state index in [1.165, 1.54) is 19.3 Å². The molecule has 1 aliphatic rings. The van der Waals surface area contributed by atoms with E-state index >= 15 is 0 Å². The zero-order valence-electron chi connectivity index (χ0n) is 11.6. The van der Waals surface area contributed by atoms with Crippen molar-refractivity contribution in [3.63, 3.8) is 0 Å². The summed E-state index contributed by atoms with van der Waals surface area (Å²) in [7, 11) is 0. The first-order valence-electron chi connectivity index (χ1n) is 7.05. The first-order chi connectivity index (χ1) is 9.19. The SMILES string of the molecule is CCOC(=O)CCc1csc(NC(C)C2CCC2)n1. The molecule has 106 valence electrons. The van der Waals surface area contributed by atoms with E-state index in [2.05, 4.69) is 17.2 Å². The Labute approximate surface area is 118 Å². The van der Waals surface area contributed by atoms with Crippen LogP contribution in [0.5, 0.6) is 0 Å². The highest BCUT2D eigenvalue weighted by atomic mass is 32.1. The van der Waals surface area contributed by atoms with E-state index < -0.39 is 0 Å². The number of esters is 1. The van der Waals surface area contributed by atoms with Gasteiger partial charge in [0, 0.05) is 17.8 Å². The van der Waals surface area contributed by atoms with Crippen LogP contribution < -0.4 is 5.32 Å². The van der Waals surface area contributed by atoms with Crippen LogP contribution >= 0.6 is 11.3 Å². The standard InChI is InChI=1S/C14H22N2O2S/c1-3-18-13(17)8-7-12-9-19-14(16-12)15-10(2)11-5-4-6-11/h9-11H,3-8H2,1-2H3,(H,15,16). The number of anilines is 1. The molecule has 4 nitrogen and oxygen atoms in total. The number of carbonyl (C=O) groups is 1. The fourth-order valence-electron chi connectivity index (χ4n) is 2.20. The lowest BCUT2D eigenvalue weighted by atomic mass is 9.80. The van der Waals surface area contributed by atoms with Gasteiger partial charge in [0.1, 0.15) is 0 Å². The molecule has 1 aliphatic carbocycles. The van der Waals surface area contributed by atoms with Crippen molar-refractivity contribution in [3.05, 3.63) is 11.1 Å². The number of nitrogens with one attached hydrogen (secondary N) is 1. The van der Waals surface area contributed by atoms with Gasteiger partial charge in [-0.3, -0.25) is 4.79 Å². The number of ether oxygens (including phenoxy) is 1. The van der Waals surface area contributed by atoms with Gasteiger partial charge < -0.3 is 10.1 Å². The van der Waals surface area contributed by atoms with Crippen LogP contribution in [0.3, 0.4) is 0 Å². The zero-order chi connectivity index (χ0) is 13.7. The van der Waals surface area contributed by atoms with E-state index in [1.807, 2.05) is 12.3 Å². The summed E-state index contributed by atoms with van der Waals surface area (Å²) in [5, 5.41) is 6.46. The summed E-state index contributed by atoms with van der Waals surface area (Å²) in [4.78, 5) is 15.8. The fourth-order valence-corrected chi connectivity index (χ4v) is 3.05. The predicted molar refractivity (Wildman–Crippen MR) is 77.5 cm³/mol. The molecule has 1 atom stereocenters. The second kappa shape index (κ2) is 6.89. The topological polar surface area (TPSA) is 51.2 Å². The highest BCUT2D eigenvalue weighted by Crippen LogP contribution is 2.31. The lowest BCUT2D eigenvalue weighted by Crippen LogP contribution is -2.30. The largest absolute Gasteiger partial charge is 0.466 e. The van der Waals surface area contributed by atoms with Crippen molar-refractivity contribution in [2.45, 2.75) is 52.0 Å². The van der Waals surface area contributed by atoms with E-state index in [0.717, 1.165) is 16.7 Å². The van der Waals surface area contributed by atoms with Gasteiger partial charge in [-0.1, -0.05) is 6.42 Å². The van der Waals surface area contributed by atoms with Crippen molar-refractivity contribution in [3.8, 4) is 0 Å².